The standard InChI is InChI=1S/C20H26O3/c1-13-6-5-7-14(2)12-19-18(15(3)20(22)23-19)11-10-17(9-8-13)16(4)21/h6,10,12,18-19H,3,5,7-9,11H2,1-2,4H3/b13-6+,14-12+,17-10+. The molecule has 1 heterocycles. The summed E-state index contributed by atoms with van der Waals surface area (Å²) in [5, 5.41) is 0. The van der Waals surface area contributed by atoms with Crippen LogP contribution in [0.5, 0.6) is 0 Å². The van der Waals surface area contributed by atoms with Crippen LogP contribution in [0.3, 0.4) is 0 Å². The molecule has 0 spiro atoms. The van der Waals surface area contributed by atoms with Crippen LogP contribution in [0.1, 0.15) is 52.9 Å². The molecule has 2 unspecified atom stereocenters. The van der Waals surface area contributed by atoms with Gasteiger partial charge in [0.1, 0.15) is 6.10 Å². The lowest BCUT2D eigenvalue weighted by Crippen LogP contribution is -2.14. The molecule has 2 atom stereocenters. The predicted molar refractivity (Wildman–Crippen MR) is 91.9 cm³/mol. The molecule has 3 heteroatoms. The molecule has 1 aliphatic heterocycles. The van der Waals surface area contributed by atoms with E-state index in [0.29, 0.717) is 12.0 Å². The van der Waals surface area contributed by atoms with Gasteiger partial charge in [0, 0.05) is 11.5 Å². The molecule has 124 valence electrons. The summed E-state index contributed by atoms with van der Waals surface area (Å²) in [4.78, 5) is 23.7. The highest BCUT2D eigenvalue weighted by atomic mass is 16.5. The number of fused-ring (bicyclic) bond motifs is 1. The van der Waals surface area contributed by atoms with Gasteiger partial charge in [-0.05, 0) is 64.5 Å². The summed E-state index contributed by atoms with van der Waals surface area (Å²) in [6.07, 6.45) is 10.2. The third-order valence-electron chi connectivity index (χ3n) is 4.69. The highest BCUT2D eigenvalue weighted by Gasteiger charge is 2.36. The first-order chi connectivity index (χ1) is 10.9. The van der Waals surface area contributed by atoms with Crippen molar-refractivity contribution in [3.63, 3.8) is 0 Å². The lowest BCUT2D eigenvalue weighted by Gasteiger charge is -2.14. The molecule has 3 nitrogen and oxygen atoms in total. The van der Waals surface area contributed by atoms with E-state index in [-0.39, 0.29) is 23.8 Å². The molecule has 0 aromatic carbocycles. The Hall–Kier alpha value is -1.90. The van der Waals surface area contributed by atoms with Gasteiger partial charge in [0.25, 0.3) is 0 Å². The summed E-state index contributed by atoms with van der Waals surface area (Å²) in [5.74, 6) is -0.280. The van der Waals surface area contributed by atoms with Crippen molar-refractivity contribution in [3.05, 3.63) is 47.1 Å². The van der Waals surface area contributed by atoms with Crippen LogP contribution in [0, 0.1) is 5.92 Å². The Morgan fingerprint density at radius 1 is 1.17 bits per heavy atom. The fourth-order valence-corrected chi connectivity index (χ4v) is 3.09. The first-order valence-electron chi connectivity index (χ1n) is 8.31. The number of esters is 1. The number of hydrogen-bond donors (Lipinski definition) is 0. The second kappa shape index (κ2) is 7.58. The first-order valence-corrected chi connectivity index (χ1v) is 8.31. The Morgan fingerprint density at radius 3 is 2.61 bits per heavy atom. The van der Waals surface area contributed by atoms with E-state index < -0.39 is 0 Å². The Labute approximate surface area is 138 Å². The van der Waals surface area contributed by atoms with E-state index in [1.807, 2.05) is 12.2 Å². The molecule has 0 aromatic rings. The Morgan fingerprint density at radius 2 is 1.91 bits per heavy atom. The molecule has 2 rings (SSSR count). The average molecular weight is 314 g/mol. The third kappa shape index (κ3) is 4.54. The maximum atomic E-state index is 11.9. The van der Waals surface area contributed by atoms with E-state index in [4.69, 9.17) is 4.74 Å². The number of allylic oxidation sites excluding steroid dienone is 5. The summed E-state index contributed by atoms with van der Waals surface area (Å²) in [7, 11) is 0. The molecule has 1 fully saturated rings. The number of rotatable bonds is 1. The lowest BCUT2D eigenvalue weighted by atomic mass is 9.90. The van der Waals surface area contributed by atoms with Crippen molar-refractivity contribution in [1.82, 2.24) is 0 Å². The lowest BCUT2D eigenvalue weighted by molar-refractivity contribution is -0.137. The van der Waals surface area contributed by atoms with Gasteiger partial charge in [-0.1, -0.05) is 29.9 Å². The molecular weight excluding hydrogens is 288 g/mol. The molecule has 0 bridgehead atoms. The van der Waals surface area contributed by atoms with Crippen LogP contribution in [-0.4, -0.2) is 17.9 Å². The zero-order chi connectivity index (χ0) is 17.0. The van der Waals surface area contributed by atoms with Crippen LogP contribution >= 0.6 is 0 Å². The molecule has 1 aliphatic carbocycles. The van der Waals surface area contributed by atoms with Crippen molar-refractivity contribution < 1.29 is 14.3 Å². The van der Waals surface area contributed by atoms with E-state index in [9.17, 15) is 9.59 Å². The summed E-state index contributed by atoms with van der Waals surface area (Å²) in [5.41, 5.74) is 3.90. The minimum absolute atomic E-state index is 0.0680. The van der Waals surface area contributed by atoms with Crippen molar-refractivity contribution in [2.45, 2.75) is 59.0 Å². The topological polar surface area (TPSA) is 43.4 Å². The average Bonchev–Trinajstić information content (AvgIpc) is 2.73. The molecule has 0 saturated carbocycles. The molecule has 2 aliphatic rings. The zero-order valence-corrected chi connectivity index (χ0v) is 14.4. The minimum Gasteiger partial charge on any atom is -0.454 e. The highest BCUT2D eigenvalue weighted by Crippen LogP contribution is 2.32. The molecule has 1 saturated heterocycles. The summed E-state index contributed by atoms with van der Waals surface area (Å²) >= 11 is 0. The van der Waals surface area contributed by atoms with E-state index in [1.165, 1.54) is 11.1 Å². The van der Waals surface area contributed by atoms with Gasteiger partial charge in [-0.3, -0.25) is 4.79 Å². The van der Waals surface area contributed by atoms with Crippen LogP contribution in [0.15, 0.2) is 47.1 Å². The fraction of sp³-hybridized carbons (Fsp3) is 0.500. The van der Waals surface area contributed by atoms with Gasteiger partial charge in [0.05, 0.1) is 0 Å². The number of carbonyl (C=O) groups excluding carboxylic acids is 2. The van der Waals surface area contributed by atoms with Crippen LogP contribution in [-0.2, 0) is 14.3 Å². The van der Waals surface area contributed by atoms with Crippen molar-refractivity contribution in [3.8, 4) is 0 Å². The number of ether oxygens (including phenoxy) is 1. The van der Waals surface area contributed by atoms with Crippen LogP contribution in [0.2, 0.25) is 0 Å². The van der Waals surface area contributed by atoms with Crippen molar-refractivity contribution in [2.75, 3.05) is 0 Å². The van der Waals surface area contributed by atoms with Gasteiger partial charge in [-0.25, -0.2) is 4.79 Å². The van der Waals surface area contributed by atoms with Gasteiger partial charge < -0.3 is 4.74 Å². The Bertz CT molecular complexity index is 604. The summed E-state index contributed by atoms with van der Waals surface area (Å²) in [6.45, 7) is 9.69. The maximum Gasteiger partial charge on any atom is 0.334 e. The van der Waals surface area contributed by atoms with Crippen LogP contribution < -0.4 is 0 Å². The molecule has 0 aromatic heterocycles. The second-order valence-electron chi connectivity index (χ2n) is 6.63. The SMILES string of the molecule is C=C1C(=O)OC2/C=C(\C)CC/C=C(\C)CC/C(C(C)=O)=C\CC12. The number of carbonyl (C=O) groups is 2. The molecule has 0 radical (unpaired) electrons. The quantitative estimate of drug-likeness (QED) is 0.408. The smallest absolute Gasteiger partial charge is 0.334 e. The zero-order valence-electron chi connectivity index (χ0n) is 14.4. The van der Waals surface area contributed by atoms with Gasteiger partial charge in [0.2, 0.25) is 0 Å². The van der Waals surface area contributed by atoms with E-state index in [1.54, 1.807) is 6.92 Å². The highest BCUT2D eigenvalue weighted by molar-refractivity contribution is 5.93. The molecule has 0 N–H and O–H groups in total. The van der Waals surface area contributed by atoms with Crippen LogP contribution in [0.4, 0.5) is 0 Å². The predicted octanol–water partition coefficient (Wildman–Crippen LogP) is 4.46. The van der Waals surface area contributed by atoms with Gasteiger partial charge in [-0.15, -0.1) is 0 Å². The number of hydrogen-bond acceptors (Lipinski definition) is 3. The largest absolute Gasteiger partial charge is 0.454 e. The van der Waals surface area contributed by atoms with Crippen LogP contribution in [0.25, 0.3) is 0 Å². The van der Waals surface area contributed by atoms with Crippen molar-refractivity contribution in [1.29, 1.82) is 0 Å². The molecule has 0 amide bonds. The normalized spacial score (nSPS) is 33.4. The minimum atomic E-state index is -0.315. The molecular formula is C20H26O3. The number of Topliss-reactive ketones (excluding diaryl/α,β-unsaturated/α-hetero) is 1. The maximum absolute atomic E-state index is 11.9. The first kappa shape index (κ1) is 17.5. The number of ketones is 1. The molecule has 23 heavy (non-hydrogen) atoms. The van der Waals surface area contributed by atoms with Crippen molar-refractivity contribution >= 4 is 11.8 Å². The Kier molecular flexibility index (Phi) is 5.75. The van der Waals surface area contributed by atoms with E-state index >= 15 is 0 Å². The van der Waals surface area contributed by atoms with Crippen molar-refractivity contribution in [2.24, 2.45) is 5.92 Å². The monoisotopic (exact) mass is 314 g/mol. The van der Waals surface area contributed by atoms with Gasteiger partial charge >= 0.3 is 5.97 Å². The third-order valence-corrected chi connectivity index (χ3v) is 4.69. The van der Waals surface area contributed by atoms with E-state index in [0.717, 1.165) is 31.3 Å². The van der Waals surface area contributed by atoms with Gasteiger partial charge in [0.15, 0.2) is 5.78 Å². The second-order valence-corrected chi connectivity index (χ2v) is 6.63. The summed E-state index contributed by atoms with van der Waals surface area (Å²) < 4.78 is 5.46. The van der Waals surface area contributed by atoms with E-state index in [2.05, 4.69) is 26.5 Å². The fourth-order valence-electron chi connectivity index (χ4n) is 3.09. The summed E-state index contributed by atoms with van der Waals surface area (Å²) in [6, 6.07) is 0. The van der Waals surface area contributed by atoms with Gasteiger partial charge in [-0.2, -0.15) is 0 Å². The Balaban J connectivity index is 2.32.